The number of nitro groups is 2. The van der Waals surface area contributed by atoms with Gasteiger partial charge in [-0.3, -0.25) is 25.0 Å². The molecule has 0 fully saturated rings. The zero-order valence-electron chi connectivity index (χ0n) is 12.3. The van der Waals surface area contributed by atoms with E-state index in [4.69, 9.17) is 11.6 Å². The molecule has 0 atom stereocenters. The van der Waals surface area contributed by atoms with Gasteiger partial charge in [0.25, 0.3) is 16.6 Å². The van der Waals surface area contributed by atoms with E-state index in [0.29, 0.717) is 0 Å². The lowest BCUT2D eigenvalue weighted by atomic mass is 9.80. The van der Waals surface area contributed by atoms with Crippen molar-refractivity contribution in [3.8, 4) is 0 Å². The highest BCUT2D eigenvalue weighted by atomic mass is 35.5. The summed E-state index contributed by atoms with van der Waals surface area (Å²) in [6.07, 6.45) is 0. The highest BCUT2D eigenvalue weighted by Crippen LogP contribution is 2.44. The first-order valence-electron chi connectivity index (χ1n) is 6.07. The topological polar surface area (TPSA) is 103 Å². The summed E-state index contributed by atoms with van der Waals surface area (Å²) in [4.78, 5) is 32.9. The molecule has 0 aliphatic carbocycles. The van der Waals surface area contributed by atoms with Crippen LogP contribution in [0.25, 0.3) is 0 Å². The molecular formula is C13H15ClN2O5. The van der Waals surface area contributed by atoms with Crippen molar-refractivity contribution >= 4 is 28.2 Å². The van der Waals surface area contributed by atoms with Gasteiger partial charge in [-0.2, -0.15) is 0 Å². The predicted octanol–water partition coefficient (Wildman–Crippen LogP) is 3.80. The number of carbonyl (C=O) groups is 1. The molecule has 0 saturated heterocycles. The van der Waals surface area contributed by atoms with E-state index in [1.807, 2.05) is 0 Å². The van der Waals surface area contributed by atoms with E-state index in [0.717, 1.165) is 0 Å². The molecule has 0 spiro atoms. The Labute approximate surface area is 126 Å². The lowest BCUT2D eigenvalue weighted by molar-refractivity contribution is -0.397. The first kappa shape index (κ1) is 17.0. The van der Waals surface area contributed by atoms with Crippen LogP contribution in [0, 0.1) is 34.1 Å². The van der Waals surface area contributed by atoms with E-state index in [1.165, 1.54) is 13.8 Å². The van der Waals surface area contributed by atoms with Crippen molar-refractivity contribution in [3.05, 3.63) is 42.5 Å². The molecule has 0 aliphatic rings. The SMILES string of the molecule is Cc1c(C(=O)Cl)c(C)c([N+](=O)[O-])c(C(C)(C)C)c1[N+](=O)[O-]. The highest BCUT2D eigenvalue weighted by Gasteiger charge is 2.40. The molecule has 0 saturated carbocycles. The van der Waals surface area contributed by atoms with E-state index in [2.05, 4.69) is 0 Å². The summed E-state index contributed by atoms with van der Waals surface area (Å²) in [6, 6.07) is 0. The summed E-state index contributed by atoms with van der Waals surface area (Å²) in [6.45, 7) is 7.68. The Hall–Kier alpha value is -2.02. The van der Waals surface area contributed by atoms with Crippen LogP contribution < -0.4 is 0 Å². The summed E-state index contributed by atoms with van der Waals surface area (Å²) in [5.74, 6) is 0. The Kier molecular flexibility index (Phi) is 4.38. The smallest absolute Gasteiger partial charge is 0.276 e. The predicted molar refractivity (Wildman–Crippen MR) is 78.1 cm³/mol. The minimum Gasteiger partial charge on any atom is -0.276 e. The van der Waals surface area contributed by atoms with Crippen LogP contribution in [0.1, 0.15) is 47.8 Å². The van der Waals surface area contributed by atoms with Crippen LogP contribution in [0.5, 0.6) is 0 Å². The van der Waals surface area contributed by atoms with Gasteiger partial charge < -0.3 is 0 Å². The third-order valence-electron chi connectivity index (χ3n) is 3.25. The fourth-order valence-electron chi connectivity index (χ4n) is 2.47. The Balaban J connectivity index is 4.17. The van der Waals surface area contributed by atoms with Gasteiger partial charge in [0.05, 0.1) is 15.4 Å². The lowest BCUT2D eigenvalue weighted by Crippen LogP contribution is -2.20. The molecule has 0 N–H and O–H groups in total. The summed E-state index contributed by atoms with van der Waals surface area (Å²) < 4.78 is 0. The molecule has 0 aliphatic heterocycles. The number of rotatable bonds is 3. The summed E-state index contributed by atoms with van der Waals surface area (Å²) >= 11 is 5.45. The van der Waals surface area contributed by atoms with Gasteiger partial charge in [0.2, 0.25) is 0 Å². The van der Waals surface area contributed by atoms with Gasteiger partial charge in [-0.1, -0.05) is 20.8 Å². The quantitative estimate of drug-likeness (QED) is 0.479. The molecule has 0 radical (unpaired) electrons. The van der Waals surface area contributed by atoms with Crippen molar-refractivity contribution < 1.29 is 14.6 Å². The Morgan fingerprint density at radius 2 is 1.33 bits per heavy atom. The van der Waals surface area contributed by atoms with E-state index >= 15 is 0 Å². The first-order chi connectivity index (χ1) is 9.41. The van der Waals surface area contributed by atoms with Crippen molar-refractivity contribution in [1.29, 1.82) is 0 Å². The zero-order valence-corrected chi connectivity index (χ0v) is 13.1. The molecule has 1 aromatic rings. The summed E-state index contributed by atoms with van der Waals surface area (Å²) in [5, 5.41) is 21.8. The maximum Gasteiger partial charge on any atom is 0.283 e. The highest BCUT2D eigenvalue weighted by molar-refractivity contribution is 6.68. The second-order valence-electron chi connectivity index (χ2n) is 5.74. The van der Waals surface area contributed by atoms with E-state index in [-0.39, 0.29) is 22.3 Å². The second-order valence-corrected chi connectivity index (χ2v) is 6.08. The van der Waals surface area contributed by atoms with Crippen molar-refractivity contribution in [2.24, 2.45) is 0 Å². The molecule has 0 unspecified atom stereocenters. The van der Waals surface area contributed by atoms with Gasteiger partial charge in [-0.25, -0.2) is 0 Å². The molecule has 0 aromatic heterocycles. The van der Waals surface area contributed by atoms with Gasteiger partial charge in [-0.15, -0.1) is 0 Å². The van der Waals surface area contributed by atoms with Gasteiger partial charge in [0, 0.05) is 16.5 Å². The molecule has 0 amide bonds. The third-order valence-corrected chi connectivity index (χ3v) is 3.43. The van der Waals surface area contributed by atoms with Crippen LogP contribution in [0.2, 0.25) is 0 Å². The van der Waals surface area contributed by atoms with Gasteiger partial charge in [-0.05, 0) is 25.4 Å². The number of carbonyl (C=O) groups excluding carboxylic acids is 1. The monoisotopic (exact) mass is 314 g/mol. The molecule has 114 valence electrons. The maximum absolute atomic E-state index is 11.5. The molecule has 1 aromatic carbocycles. The number of hydrogen-bond acceptors (Lipinski definition) is 5. The summed E-state index contributed by atoms with van der Waals surface area (Å²) in [7, 11) is 0. The van der Waals surface area contributed by atoms with Crippen molar-refractivity contribution in [2.45, 2.75) is 40.0 Å². The first-order valence-corrected chi connectivity index (χ1v) is 6.45. The fraction of sp³-hybridized carbons (Fsp3) is 0.462. The Morgan fingerprint density at radius 1 is 1.00 bits per heavy atom. The van der Waals surface area contributed by atoms with Crippen molar-refractivity contribution in [1.82, 2.24) is 0 Å². The number of nitrogens with zero attached hydrogens (tertiary/aromatic N) is 2. The van der Waals surface area contributed by atoms with Crippen molar-refractivity contribution in [2.75, 3.05) is 0 Å². The lowest BCUT2D eigenvalue weighted by Gasteiger charge is -2.22. The van der Waals surface area contributed by atoms with Gasteiger partial charge >= 0.3 is 0 Å². The standard InChI is InChI=1S/C13H15ClN2O5/c1-6-8(12(14)17)7(2)11(16(20)21)9(13(3,4)5)10(6)15(18)19/h1-5H3. The average Bonchev–Trinajstić information content (AvgIpc) is 2.24. The summed E-state index contributed by atoms with van der Waals surface area (Å²) in [5.41, 5.74) is -1.78. The van der Waals surface area contributed by atoms with E-state index in [1.54, 1.807) is 20.8 Å². The fourth-order valence-corrected chi connectivity index (χ4v) is 2.75. The average molecular weight is 315 g/mol. The number of halogens is 1. The second kappa shape index (κ2) is 5.40. The normalized spacial score (nSPS) is 11.3. The van der Waals surface area contributed by atoms with Crippen LogP contribution >= 0.6 is 11.6 Å². The van der Waals surface area contributed by atoms with Crippen LogP contribution in [0.15, 0.2) is 0 Å². The van der Waals surface area contributed by atoms with Crippen LogP contribution in [0.4, 0.5) is 11.4 Å². The van der Waals surface area contributed by atoms with Crippen LogP contribution in [-0.2, 0) is 5.41 Å². The molecule has 8 heteroatoms. The molecule has 7 nitrogen and oxygen atoms in total. The molecular weight excluding hydrogens is 300 g/mol. The van der Waals surface area contributed by atoms with Gasteiger partial charge in [0.15, 0.2) is 0 Å². The van der Waals surface area contributed by atoms with E-state index in [9.17, 15) is 25.0 Å². The minimum absolute atomic E-state index is 0.00540. The van der Waals surface area contributed by atoms with Gasteiger partial charge in [0.1, 0.15) is 5.56 Å². The van der Waals surface area contributed by atoms with Crippen molar-refractivity contribution in [3.63, 3.8) is 0 Å². The molecule has 0 heterocycles. The van der Waals surface area contributed by atoms with Crippen LogP contribution in [-0.4, -0.2) is 15.1 Å². The Morgan fingerprint density at radius 3 is 1.52 bits per heavy atom. The molecule has 0 bridgehead atoms. The van der Waals surface area contributed by atoms with Crippen LogP contribution in [0.3, 0.4) is 0 Å². The third kappa shape index (κ3) is 2.87. The minimum atomic E-state index is -0.948. The van der Waals surface area contributed by atoms with E-state index < -0.39 is 31.9 Å². The Bertz CT molecular complexity index is 621. The number of nitro benzene ring substituents is 2. The maximum atomic E-state index is 11.5. The molecule has 21 heavy (non-hydrogen) atoms. The zero-order chi connectivity index (χ0) is 16.7. The largest absolute Gasteiger partial charge is 0.283 e. The number of benzene rings is 1. The molecule has 1 rings (SSSR count). The number of hydrogen-bond donors (Lipinski definition) is 0.